The van der Waals surface area contributed by atoms with Crippen LogP contribution in [0.25, 0.3) is 0 Å². The van der Waals surface area contributed by atoms with Crippen molar-refractivity contribution in [2.24, 2.45) is 9.98 Å². The summed E-state index contributed by atoms with van der Waals surface area (Å²) in [4.78, 5) is 27.4. The molecule has 0 amide bonds. The van der Waals surface area contributed by atoms with E-state index in [1.165, 1.54) is 11.1 Å². The summed E-state index contributed by atoms with van der Waals surface area (Å²) in [5.41, 5.74) is 5.86. The molecule has 0 aliphatic heterocycles. The molecule has 0 saturated heterocycles. The second-order valence-corrected chi connectivity index (χ2v) is 10.9. The van der Waals surface area contributed by atoms with Crippen molar-refractivity contribution in [2.45, 2.75) is 105 Å². The summed E-state index contributed by atoms with van der Waals surface area (Å²) in [6, 6.07) is 8.73. The van der Waals surface area contributed by atoms with Gasteiger partial charge in [0.1, 0.15) is 11.5 Å². The molecule has 0 atom stereocenters. The smallest absolute Gasteiger partial charge is 0.550 e. The van der Waals surface area contributed by atoms with Gasteiger partial charge in [0, 0.05) is 35.5 Å². The average Bonchev–Trinajstić information content (AvgIpc) is 2.85. The number of rotatable bonds is 6. The number of aliphatic carboxylic acids is 2. The van der Waals surface area contributed by atoms with Crippen molar-refractivity contribution in [1.82, 2.24) is 0 Å². The molecule has 2 aromatic carbocycles. The molecule has 0 unspecified atom stereocenters. The predicted molar refractivity (Wildman–Crippen MR) is 156 cm³/mol. The molecule has 3 rings (SSSR count). The number of nitrogens with zero attached hydrogens (tertiary/aromatic N) is 2. The van der Waals surface area contributed by atoms with Crippen LogP contribution in [-0.2, 0) is 26.4 Å². The normalized spacial score (nSPS) is 16.5. The number of carboxylic acid groups (broad SMARTS) is 2. The Morgan fingerprint density at radius 2 is 1.00 bits per heavy atom. The summed E-state index contributed by atoms with van der Waals surface area (Å²) in [6.07, 6.45) is 7.64. The van der Waals surface area contributed by atoms with E-state index in [-0.39, 0.29) is 28.9 Å². The maximum Gasteiger partial charge on any atom is 2.00 e. The molecule has 8 nitrogen and oxygen atoms in total. The second kappa shape index (κ2) is 18.3. The minimum Gasteiger partial charge on any atom is -0.550 e. The first kappa shape index (κ1) is 37.8. The maximum absolute atomic E-state index is 10.4. The number of benzene rings is 2. The van der Waals surface area contributed by atoms with Crippen LogP contribution in [0.4, 0.5) is 0 Å². The van der Waals surface area contributed by atoms with Crippen LogP contribution in [0.3, 0.4) is 0 Å². The zero-order valence-electron chi connectivity index (χ0n) is 25.4. The molecule has 1 saturated carbocycles. The average molecular weight is 612 g/mol. The molecule has 1 aliphatic carbocycles. The van der Waals surface area contributed by atoms with E-state index in [0.717, 1.165) is 61.8 Å². The van der Waals surface area contributed by atoms with E-state index in [1.807, 2.05) is 38.4 Å². The molecule has 0 bridgehead atoms. The van der Waals surface area contributed by atoms with Crippen LogP contribution < -0.4 is 10.2 Å². The van der Waals surface area contributed by atoms with Crippen LogP contribution in [0.1, 0.15) is 112 Å². The Hall–Kier alpha value is -3.17. The number of phenolic OH excluding ortho intramolecular Hbond substituents is 2. The Labute approximate surface area is 254 Å². The standard InChI is InChI=1S/C28H38N2O2.2C2H4O2.Co/c1-17(2)21-11-19(5)27(31)23(13-21)15-29-25-7-9-26(10-8-25)30-16-24-14-22(18(3)4)12-20(6)28(24)32;2*1-2(3)4;/h11-18,25-26,31-32H,7-10H2,1-6H3;2*1H3,(H,3,4);/q;;;+2/p-2. The molecular formula is C32H44CoN2O6. The van der Waals surface area contributed by atoms with Crippen LogP contribution in [-0.4, -0.2) is 46.7 Å². The summed E-state index contributed by atoms with van der Waals surface area (Å²) in [7, 11) is 0. The van der Waals surface area contributed by atoms with Crippen molar-refractivity contribution in [2.75, 3.05) is 0 Å². The van der Waals surface area contributed by atoms with E-state index in [9.17, 15) is 10.2 Å². The van der Waals surface area contributed by atoms with Crippen molar-refractivity contribution in [3.05, 3.63) is 57.6 Å². The Bertz CT molecular complexity index is 1100. The second-order valence-electron chi connectivity index (χ2n) is 10.9. The summed E-state index contributed by atoms with van der Waals surface area (Å²) >= 11 is 0. The maximum atomic E-state index is 10.4. The number of aromatic hydroxyl groups is 2. The van der Waals surface area contributed by atoms with Crippen LogP contribution in [0.5, 0.6) is 11.5 Å². The third kappa shape index (κ3) is 13.8. The molecule has 2 N–H and O–H groups in total. The fourth-order valence-corrected chi connectivity index (χ4v) is 4.26. The van der Waals surface area contributed by atoms with Gasteiger partial charge in [0.25, 0.3) is 0 Å². The molecule has 227 valence electrons. The molecular weight excluding hydrogens is 567 g/mol. The van der Waals surface area contributed by atoms with Crippen LogP contribution >= 0.6 is 0 Å². The molecule has 41 heavy (non-hydrogen) atoms. The quantitative estimate of drug-likeness (QED) is 0.466. The van der Waals surface area contributed by atoms with Gasteiger partial charge in [-0.05, 0) is 99.6 Å². The molecule has 0 spiro atoms. The Balaban J connectivity index is 0.00000158. The summed E-state index contributed by atoms with van der Waals surface area (Å²) in [6.45, 7) is 14.5. The van der Waals surface area contributed by atoms with E-state index >= 15 is 0 Å². The first-order valence-electron chi connectivity index (χ1n) is 13.7. The monoisotopic (exact) mass is 611 g/mol. The minimum atomic E-state index is -1.08. The van der Waals surface area contributed by atoms with Crippen LogP contribution in [0.2, 0.25) is 0 Å². The summed E-state index contributed by atoms with van der Waals surface area (Å²) in [5, 5.41) is 38.6. The summed E-state index contributed by atoms with van der Waals surface area (Å²) in [5.74, 6) is -0.677. The van der Waals surface area contributed by atoms with E-state index < -0.39 is 11.9 Å². The van der Waals surface area contributed by atoms with Crippen molar-refractivity contribution in [3.8, 4) is 11.5 Å². The van der Waals surface area contributed by atoms with Gasteiger partial charge in [-0.3, -0.25) is 9.98 Å². The van der Waals surface area contributed by atoms with E-state index in [0.29, 0.717) is 23.3 Å². The predicted octanol–water partition coefficient (Wildman–Crippen LogP) is 4.32. The number of aryl methyl sites for hydroxylation is 2. The number of carbonyl (C=O) groups is 2. The zero-order chi connectivity index (χ0) is 30.6. The number of carbonyl (C=O) groups excluding carboxylic acids is 2. The van der Waals surface area contributed by atoms with Gasteiger partial charge in [0.15, 0.2) is 0 Å². The Morgan fingerprint density at radius 1 is 0.732 bits per heavy atom. The molecule has 9 heteroatoms. The van der Waals surface area contributed by atoms with Gasteiger partial charge < -0.3 is 30.0 Å². The fraction of sp³-hybridized carbons (Fsp3) is 0.500. The molecule has 2 aromatic rings. The van der Waals surface area contributed by atoms with Gasteiger partial charge in [0.05, 0.1) is 12.1 Å². The number of phenols is 2. The number of hydrogen-bond donors (Lipinski definition) is 2. The topological polar surface area (TPSA) is 145 Å². The van der Waals surface area contributed by atoms with Crippen LogP contribution in [0, 0.1) is 13.8 Å². The Kier molecular flexibility index (Phi) is 16.9. The van der Waals surface area contributed by atoms with Crippen LogP contribution in [0.15, 0.2) is 34.3 Å². The first-order chi connectivity index (χ1) is 18.6. The van der Waals surface area contributed by atoms with E-state index in [1.54, 1.807) is 0 Å². The Morgan fingerprint density at radius 3 is 1.24 bits per heavy atom. The van der Waals surface area contributed by atoms with Crippen molar-refractivity contribution in [1.29, 1.82) is 0 Å². The van der Waals surface area contributed by atoms with Gasteiger partial charge in [-0.2, -0.15) is 0 Å². The molecule has 0 heterocycles. The van der Waals surface area contributed by atoms with Crippen molar-refractivity contribution in [3.63, 3.8) is 0 Å². The van der Waals surface area contributed by atoms with Gasteiger partial charge in [0.2, 0.25) is 0 Å². The van der Waals surface area contributed by atoms with Gasteiger partial charge in [-0.1, -0.05) is 39.8 Å². The fourth-order valence-electron chi connectivity index (χ4n) is 4.26. The van der Waals surface area contributed by atoms with Gasteiger partial charge in [-0.15, -0.1) is 0 Å². The minimum absolute atomic E-state index is 0. The number of aliphatic imine (C=N–C) groups is 2. The van der Waals surface area contributed by atoms with E-state index in [4.69, 9.17) is 29.8 Å². The zero-order valence-corrected chi connectivity index (χ0v) is 26.4. The molecule has 1 radical (unpaired) electrons. The summed E-state index contributed by atoms with van der Waals surface area (Å²) < 4.78 is 0. The molecule has 0 aromatic heterocycles. The largest absolute Gasteiger partial charge is 2.00 e. The molecule has 1 fully saturated rings. The molecule has 1 aliphatic rings. The van der Waals surface area contributed by atoms with E-state index in [2.05, 4.69) is 39.8 Å². The third-order valence-electron chi connectivity index (χ3n) is 6.55. The van der Waals surface area contributed by atoms with Gasteiger partial charge in [-0.25, -0.2) is 0 Å². The third-order valence-corrected chi connectivity index (χ3v) is 6.55. The number of carboxylic acids is 2. The first-order valence-corrected chi connectivity index (χ1v) is 13.7. The van der Waals surface area contributed by atoms with Crippen molar-refractivity contribution < 1.29 is 46.8 Å². The SMILES string of the molecule is CC(=O)[O-].CC(=O)[O-].Cc1cc(C(C)C)cc(C=NC2CCC(N=Cc3cc(C(C)C)cc(C)c3O)CC2)c1O.[Co+2]. The number of hydrogen-bond acceptors (Lipinski definition) is 8. The van der Waals surface area contributed by atoms with Crippen molar-refractivity contribution >= 4 is 24.4 Å². The van der Waals surface area contributed by atoms with Gasteiger partial charge >= 0.3 is 16.8 Å².